The van der Waals surface area contributed by atoms with Crippen molar-refractivity contribution < 1.29 is 33.7 Å². The lowest BCUT2D eigenvalue weighted by atomic mass is 10.0. The number of rotatable bonds is 8. The van der Waals surface area contributed by atoms with E-state index in [1.807, 2.05) is 48.5 Å². The minimum atomic E-state index is -0.769. The molecule has 6 rings (SSSR count). The number of pyridine rings is 1. The van der Waals surface area contributed by atoms with Crippen molar-refractivity contribution in [3.63, 3.8) is 0 Å². The Balaban J connectivity index is 1.20. The molecule has 42 heavy (non-hydrogen) atoms. The van der Waals surface area contributed by atoms with Gasteiger partial charge in [0.2, 0.25) is 0 Å². The average molecular weight is 583 g/mol. The van der Waals surface area contributed by atoms with Crippen LogP contribution in [-0.4, -0.2) is 39.8 Å². The molecule has 3 atom stereocenters. The van der Waals surface area contributed by atoms with Crippen LogP contribution in [0.15, 0.2) is 96.2 Å². The molecule has 0 aliphatic carbocycles. The van der Waals surface area contributed by atoms with E-state index in [1.165, 1.54) is 18.2 Å². The highest BCUT2D eigenvalue weighted by Gasteiger charge is 2.33. The molecule has 9 nitrogen and oxygen atoms in total. The second-order valence-corrected chi connectivity index (χ2v) is 10.9. The Morgan fingerprint density at radius 2 is 1.74 bits per heavy atom. The summed E-state index contributed by atoms with van der Waals surface area (Å²) in [6.07, 6.45) is 1.29. The van der Waals surface area contributed by atoms with Gasteiger partial charge in [-0.2, -0.15) is 0 Å². The fourth-order valence-electron chi connectivity index (χ4n) is 4.83. The highest BCUT2D eigenvalue weighted by atomic mass is 32.2. The van der Waals surface area contributed by atoms with Crippen LogP contribution < -0.4 is 5.32 Å². The lowest BCUT2D eigenvalue weighted by molar-refractivity contribution is -0.245. The second kappa shape index (κ2) is 12.3. The first kappa shape index (κ1) is 27.8. The highest BCUT2D eigenvalue weighted by Crippen LogP contribution is 2.39. The van der Waals surface area contributed by atoms with Gasteiger partial charge in [-0.05, 0) is 53.6 Å². The zero-order valence-corrected chi connectivity index (χ0v) is 23.1. The molecule has 0 bridgehead atoms. The van der Waals surface area contributed by atoms with Gasteiger partial charge in [-0.15, -0.1) is 11.8 Å². The smallest absolute Gasteiger partial charge is 0.346 e. The lowest BCUT2D eigenvalue weighted by Crippen LogP contribution is -2.31. The van der Waals surface area contributed by atoms with Gasteiger partial charge in [-0.1, -0.05) is 42.5 Å². The SMILES string of the molecule is O=C(Nc1cccc(C2O[C@H](CSc3ccccn3)C[C@H](c3ccc(CO)cc3)O2)c1)c1ccc2c(c1)C(=O)OC2=O. The summed E-state index contributed by atoms with van der Waals surface area (Å²) in [7, 11) is 0. The summed E-state index contributed by atoms with van der Waals surface area (Å²) in [5.41, 5.74) is 3.46. The number of nitrogens with one attached hydrogen (secondary N) is 1. The maximum atomic E-state index is 13.0. The van der Waals surface area contributed by atoms with Gasteiger partial charge < -0.3 is 24.6 Å². The maximum absolute atomic E-state index is 13.0. The van der Waals surface area contributed by atoms with Crippen LogP contribution in [0.1, 0.15) is 66.6 Å². The topological polar surface area (TPSA) is 124 Å². The summed E-state index contributed by atoms with van der Waals surface area (Å²) in [4.78, 5) is 41.1. The molecule has 0 radical (unpaired) electrons. The predicted octanol–water partition coefficient (Wildman–Crippen LogP) is 5.47. The third kappa shape index (κ3) is 6.12. The number of fused-ring (bicyclic) bond motifs is 1. The van der Waals surface area contributed by atoms with E-state index in [4.69, 9.17) is 9.47 Å². The van der Waals surface area contributed by atoms with Gasteiger partial charge in [0.15, 0.2) is 6.29 Å². The van der Waals surface area contributed by atoms with Crippen molar-refractivity contribution in [2.45, 2.75) is 36.6 Å². The number of aliphatic hydroxyl groups excluding tert-OH is 1. The van der Waals surface area contributed by atoms with E-state index in [9.17, 15) is 19.5 Å². The molecular weight excluding hydrogens is 556 g/mol. The number of hydrogen-bond acceptors (Lipinski definition) is 9. The first-order valence-electron chi connectivity index (χ1n) is 13.3. The van der Waals surface area contributed by atoms with Crippen LogP contribution in [0, 0.1) is 0 Å². The Hall–Kier alpha value is -4.35. The largest absolute Gasteiger partial charge is 0.392 e. The average Bonchev–Trinajstić information content (AvgIpc) is 3.32. The second-order valence-electron chi connectivity index (χ2n) is 9.85. The molecular formula is C32H26N2O7S. The van der Waals surface area contributed by atoms with Crippen LogP contribution in [0.25, 0.3) is 0 Å². The standard InChI is InChI=1S/C32H26N2O7S/c35-17-19-7-9-20(10-8-19)27-16-24(18-42-28-6-1-2-13-33-28)39-32(40-27)22-4-3-5-23(14-22)34-29(36)21-11-12-25-26(15-21)31(38)41-30(25)37/h1-15,24,27,32,35H,16-18H2,(H,34,36)/t24-,27+,32?/m0/s1. The number of amides is 1. The molecule has 1 aromatic heterocycles. The van der Waals surface area contributed by atoms with Crippen molar-refractivity contribution in [3.8, 4) is 0 Å². The van der Waals surface area contributed by atoms with Crippen LogP contribution >= 0.6 is 11.8 Å². The molecule has 3 heterocycles. The fourth-order valence-corrected chi connectivity index (χ4v) is 5.71. The van der Waals surface area contributed by atoms with Gasteiger partial charge in [-0.3, -0.25) is 4.79 Å². The number of aliphatic hydroxyl groups is 1. The quantitative estimate of drug-likeness (QED) is 0.158. The Kier molecular flexibility index (Phi) is 8.11. The number of anilines is 1. The zero-order chi connectivity index (χ0) is 29.1. The molecule has 2 aliphatic rings. The number of carbonyl (C=O) groups excluding carboxylic acids is 3. The van der Waals surface area contributed by atoms with Gasteiger partial charge in [0.25, 0.3) is 5.91 Å². The number of aromatic nitrogens is 1. The highest BCUT2D eigenvalue weighted by molar-refractivity contribution is 7.99. The maximum Gasteiger partial charge on any atom is 0.346 e. The number of carbonyl (C=O) groups is 3. The van der Waals surface area contributed by atoms with Crippen molar-refractivity contribution in [2.24, 2.45) is 0 Å². The van der Waals surface area contributed by atoms with E-state index in [-0.39, 0.29) is 35.5 Å². The van der Waals surface area contributed by atoms with Gasteiger partial charge in [0, 0.05) is 35.2 Å². The van der Waals surface area contributed by atoms with Crippen LogP contribution in [0.3, 0.4) is 0 Å². The molecule has 2 aliphatic heterocycles. The van der Waals surface area contributed by atoms with E-state index in [0.29, 0.717) is 17.9 Å². The van der Waals surface area contributed by atoms with E-state index < -0.39 is 24.1 Å². The number of esters is 2. The van der Waals surface area contributed by atoms with E-state index in [1.54, 1.807) is 36.2 Å². The van der Waals surface area contributed by atoms with Crippen molar-refractivity contribution >= 4 is 35.3 Å². The summed E-state index contributed by atoms with van der Waals surface area (Å²) < 4.78 is 17.4. The molecule has 1 fully saturated rings. The monoisotopic (exact) mass is 582 g/mol. The summed E-state index contributed by atoms with van der Waals surface area (Å²) in [6, 6.07) is 24.9. The first-order chi connectivity index (χ1) is 20.5. The molecule has 212 valence electrons. The molecule has 0 spiro atoms. The van der Waals surface area contributed by atoms with Crippen LogP contribution in [0.5, 0.6) is 0 Å². The third-order valence-corrected chi connectivity index (χ3v) is 8.07. The third-order valence-electron chi connectivity index (χ3n) is 6.99. The number of thioether (sulfide) groups is 1. The zero-order valence-electron chi connectivity index (χ0n) is 22.3. The van der Waals surface area contributed by atoms with Gasteiger partial charge in [0.1, 0.15) is 0 Å². The summed E-state index contributed by atoms with van der Waals surface area (Å²) >= 11 is 1.61. The number of ether oxygens (including phenoxy) is 3. The molecule has 10 heteroatoms. The molecule has 1 unspecified atom stereocenters. The summed E-state index contributed by atoms with van der Waals surface area (Å²) in [6.45, 7) is -0.0347. The summed E-state index contributed by atoms with van der Waals surface area (Å²) in [5, 5.41) is 13.2. The van der Waals surface area contributed by atoms with Crippen molar-refractivity contribution in [1.82, 2.24) is 4.98 Å². The van der Waals surface area contributed by atoms with Crippen LogP contribution in [0.2, 0.25) is 0 Å². The van der Waals surface area contributed by atoms with E-state index in [0.717, 1.165) is 21.7 Å². The van der Waals surface area contributed by atoms with E-state index >= 15 is 0 Å². The summed E-state index contributed by atoms with van der Waals surface area (Å²) in [5.74, 6) is -1.27. The molecule has 0 saturated carbocycles. The Labute approximate surface area is 245 Å². The fraction of sp³-hybridized carbons (Fsp3) is 0.188. The van der Waals surface area contributed by atoms with Gasteiger partial charge >= 0.3 is 11.9 Å². The number of nitrogens with zero attached hydrogens (tertiary/aromatic N) is 1. The van der Waals surface area contributed by atoms with E-state index in [2.05, 4.69) is 15.0 Å². The molecule has 1 saturated heterocycles. The number of hydrogen-bond donors (Lipinski definition) is 2. The van der Waals surface area contributed by atoms with Gasteiger partial charge in [0.05, 0.1) is 35.0 Å². The normalized spacial score (nSPS) is 19.7. The molecule has 3 aromatic carbocycles. The predicted molar refractivity (Wildman–Crippen MR) is 154 cm³/mol. The molecule has 1 amide bonds. The van der Waals surface area contributed by atoms with Crippen molar-refractivity contribution in [1.29, 1.82) is 0 Å². The molecule has 4 aromatic rings. The Bertz CT molecular complexity index is 1630. The minimum absolute atomic E-state index is 0.0347. The van der Waals surface area contributed by atoms with Crippen LogP contribution in [0.4, 0.5) is 5.69 Å². The Morgan fingerprint density at radius 3 is 2.52 bits per heavy atom. The van der Waals surface area contributed by atoms with Gasteiger partial charge in [-0.25, -0.2) is 14.6 Å². The first-order valence-corrected chi connectivity index (χ1v) is 14.3. The van der Waals surface area contributed by atoms with Crippen molar-refractivity contribution in [2.75, 3.05) is 11.1 Å². The number of benzene rings is 3. The minimum Gasteiger partial charge on any atom is -0.392 e. The number of cyclic esters (lactones) is 2. The lowest BCUT2D eigenvalue weighted by Gasteiger charge is -2.36. The molecule has 2 N–H and O–H groups in total. The van der Waals surface area contributed by atoms with Crippen LogP contribution in [-0.2, 0) is 20.8 Å². The Morgan fingerprint density at radius 1 is 0.905 bits per heavy atom. The van der Waals surface area contributed by atoms with Crippen molar-refractivity contribution in [3.05, 3.63) is 125 Å².